The van der Waals surface area contributed by atoms with E-state index in [1.807, 2.05) is 12.1 Å². The summed E-state index contributed by atoms with van der Waals surface area (Å²) in [6.45, 7) is 1.94. The van der Waals surface area contributed by atoms with Gasteiger partial charge >= 0.3 is 0 Å². The van der Waals surface area contributed by atoms with Crippen molar-refractivity contribution in [1.82, 2.24) is 0 Å². The summed E-state index contributed by atoms with van der Waals surface area (Å²) >= 11 is 12.0. The number of anilines is 2. The molecule has 5 nitrogen and oxygen atoms in total. The summed E-state index contributed by atoms with van der Waals surface area (Å²) < 4.78 is 5.58. The van der Waals surface area contributed by atoms with Crippen LogP contribution in [0.2, 0.25) is 10.0 Å². The average molecular weight is 379 g/mol. The van der Waals surface area contributed by atoms with E-state index in [1.54, 1.807) is 42.2 Å². The second-order valence-electron chi connectivity index (χ2n) is 5.62. The lowest BCUT2D eigenvalue weighted by atomic mass is 10.1. The summed E-state index contributed by atoms with van der Waals surface area (Å²) in [6, 6.07) is 12.3. The molecule has 2 amide bonds. The third kappa shape index (κ3) is 3.72. The Morgan fingerprint density at radius 3 is 2.76 bits per heavy atom. The van der Waals surface area contributed by atoms with Crippen molar-refractivity contribution in [2.75, 3.05) is 16.8 Å². The number of carbonyl (C=O) groups is 2. The number of fused-ring (bicyclic) bond motifs is 1. The van der Waals surface area contributed by atoms with Crippen LogP contribution < -0.4 is 15.0 Å². The van der Waals surface area contributed by atoms with Gasteiger partial charge in [-0.3, -0.25) is 9.59 Å². The molecule has 0 aromatic heterocycles. The molecule has 0 saturated heterocycles. The van der Waals surface area contributed by atoms with Crippen molar-refractivity contribution in [3.8, 4) is 5.75 Å². The molecule has 2 aromatic carbocycles. The van der Waals surface area contributed by atoms with Crippen molar-refractivity contribution >= 4 is 46.4 Å². The van der Waals surface area contributed by atoms with Gasteiger partial charge in [0, 0.05) is 13.0 Å². The molecular formula is C18H16Cl2N2O3. The Kier molecular flexibility index (Phi) is 5.16. The molecule has 3 rings (SSSR count). The third-order valence-electron chi connectivity index (χ3n) is 3.86. The largest absolute Gasteiger partial charge is 0.479 e. The number of hydrogen-bond acceptors (Lipinski definition) is 3. The molecule has 0 aliphatic carbocycles. The van der Waals surface area contributed by atoms with E-state index in [0.717, 1.165) is 0 Å². The molecule has 0 spiro atoms. The highest BCUT2D eigenvalue weighted by Crippen LogP contribution is 2.34. The van der Waals surface area contributed by atoms with Crippen LogP contribution >= 0.6 is 23.2 Å². The first-order valence-electron chi connectivity index (χ1n) is 7.78. The van der Waals surface area contributed by atoms with Gasteiger partial charge in [-0.05, 0) is 31.2 Å². The molecule has 7 heteroatoms. The van der Waals surface area contributed by atoms with E-state index in [2.05, 4.69) is 5.32 Å². The lowest BCUT2D eigenvalue weighted by molar-refractivity contribution is -0.125. The maximum absolute atomic E-state index is 12.4. The number of nitrogens with zero attached hydrogens (tertiary/aromatic N) is 1. The third-order valence-corrected chi connectivity index (χ3v) is 4.68. The van der Waals surface area contributed by atoms with Crippen molar-refractivity contribution in [2.24, 2.45) is 0 Å². The highest BCUT2D eigenvalue weighted by Gasteiger charge is 2.31. The van der Waals surface area contributed by atoms with Gasteiger partial charge in [-0.2, -0.15) is 0 Å². The van der Waals surface area contributed by atoms with Crippen molar-refractivity contribution in [1.29, 1.82) is 0 Å². The molecule has 1 atom stereocenters. The van der Waals surface area contributed by atoms with Crippen LogP contribution in [0.1, 0.15) is 13.3 Å². The number of hydrogen-bond donors (Lipinski definition) is 1. The minimum Gasteiger partial charge on any atom is -0.479 e. The first-order chi connectivity index (χ1) is 12.0. The lowest BCUT2D eigenvalue weighted by Crippen LogP contribution is -2.45. The minimum atomic E-state index is -0.583. The summed E-state index contributed by atoms with van der Waals surface area (Å²) in [5.74, 6) is 0.203. The van der Waals surface area contributed by atoms with E-state index >= 15 is 0 Å². The van der Waals surface area contributed by atoms with Crippen LogP contribution in [0, 0.1) is 0 Å². The van der Waals surface area contributed by atoms with Crippen LogP contribution in [0.5, 0.6) is 5.75 Å². The second kappa shape index (κ2) is 7.33. The van der Waals surface area contributed by atoms with E-state index < -0.39 is 6.10 Å². The predicted octanol–water partition coefficient (Wildman–Crippen LogP) is 4.14. The number of rotatable bonds is 4. The normalized spacial score (nSPS) is 16.2. The molecule has 1 aliphatic heterocycles. The lowest BCUT2D eigenvalue weighted by Gasteiger charge is -2.32. The maximum Gasteiger partial charge on any atom is 0.267 e. The minimum absolute atomic E-state index is 0.121. The first-order valence-corrected chi connectivity index (χ1v) is 8.54. The van der Waals surface area contributed by atoms with Gasteiger partial charge in [0.1, 0.15) is 5.75 Å². The Bertz CT molecular complexity index is 826. The smallest absolute Gasteiger partial charge is 0.267 e. The van der Waals surface area contributed by atoms with Gasteiger partial charge in [0.15, 0.2) is 6.10 Å². The Morgan fingerprint density at radius 1 is 1.20 bits per heavy atom. The number of ether oxygens (including phenoxy) is 1. The Morgan fingerprint density at radius 2 is 1.96 bits per heavy atom. The number of para-hydroxylation sites is 2. The molecule has 130 valence electrons. The SMILES string of the molecule is C[C@H]1Oc2ccccc2N(CCC(=O)Nc2cccc(Cl)c2Cl)C1=O. The molecule has 0 unspecified atom stereocenters. The van der Waals surface area contributed by atoms with Crippen molar-refractivity contribution in [2.45, 2.75) is 19.4 Å². The van der Waals surface area contributed by atoms with Gasteiger partial charge in [0.05, 0.1) is 21.4 Å². The molecule has 2 aromatic rings. The van der Waals surface area contributed by atoms with Crippen LogP contribution in [0.25, 0.3) is 0 Å². The topological polar surface area (TPSA) is 58.6 Å². The first kappa shape index (κ1) is 17.6. The van der Waals surface area contributed by atoms with Gasteiger partial charge < -0.3 is 15.0 Å². The highest BCUT2D eigenvalue weighted by molar-refractivity contribution is 6.44. The molecule has 1 heterocycles. The Labute approximate surface area is 155 Å². The maximum atomic E-state index is 12.4. The summed E-state index contributed by atoms with van der Waals surface area (Å²) in [5, 5.41) is 3.37. The van der Waals surface area contributed by atoms with Crippen molar-refractivity contribution in [3.05, 3.63) is 52.5 Å². The molecule has 0 fully saturated rings. The predicted molar refractivity (Wildman–Crippen MR) is 98.6 cm³/mol. The fourth-order valence-electron chi connectivity index (χ4n) is 2.62. The monoisotopic (exact) mass is 378 g/mol. The quantitative estimate of drug-likeness (QED) is 0.869. The van der Waals surface area contributed by atoms with Crippen LogP contribution in [0.3, 0.4) is 0 Å². The molecule has 25 heavy (non-hydrogen) atoms. The van der Waals surface area contributed by atoms with Crippen LogP contribution in [-0.2, 0) is 9.59 Å². The molecule has 0 saturated carbocycles. The molecule has 0 radical (unpaired) electrons. The van der Waals surface area contributed by atoms with E-state index in [0.29, 0.717) is 27.2 Å². The molecular weight excluding hydrogens is 363 g/mol. The Balaban J connectivity index is 1.69. The van der Waals surface area contributed by atoms with Gasteiger partial charge in [0.25, 0.3) is 5.91 Å². The second-order valence-corrected chi connectivity index (χ2v) is 6.40. The zero-order valence-corrected chi connectivity index (χ0v) is 15.0. The fourth-order valence-corrected chi connectivity index (χ4v) is 2.96. The Hall–Kier alpha value is -2.24. The van der Waals surface area contributed by atoms with Gasteiger partial charge in [-0.1, -0.05) is 41.4 Å². The van der Waals surface area contributed by atoms with Gasteiger partial charge in [-0.15, -0.1) is 0 Å². The zero-order valence-electron chi connectivity index (χ0n) is 13.5. The summed E-state index contributed by atoms with van der Waals surface area (Å²) in [5.41, 5.74) is 1.11. The number of benzene rings is 2. The number of carbonyl (C=O) groups excluding carboxylic acids is 2. The number of halogens is 2. The zero-order chi connectivity index (χ0) is 18.0. The molecule has 1 N–H and O–H groups in total. The summed E-state index contributed by atoms with van der Waals surface area (Å²) in [6.07, 6.45) is -0.462. The van der Waals surface area contributed by atoms with Crippen LogP contribution in [0.15, 0.2) is 42.5 Å². The van der Waals surface area contributed by atoms with Gasteiger partial charge in [-0.25, -0.2) is 0 Å². The molecule has 1 aliphatic rings. The van der Waals surface area contributed by atoms with Crippen LogP contribution in [0.4, 0.5) is 11.4 Å². The highest BCUT2D eigenvalue weighted by atomic mass is 35.5. The fraction of sp³-hybridized carbons (Fsp3) is 0.222. The van der Waals surface area contributed by atoms with Gasteiger partial charge in [0.2, 0.25) is 5.91 Å². The number of amides is 2. The average Bonchev–Trinajstić information content (AvgIpc) is 2.59. The van der Waals surface area contributed by atoms with E-state index in [1.165, 1.54) is 0 Å². The molecule has 0 bridgehead atoms. The van der Waals surface area contributed by atoms with E-state index in [4.69, 9.17) is 27.9 Å². The van der Waals surface area contributed by atoms with Crippen LogP contribution in [-0.4, -0.2) is 24.5 Å². The van der Waals surface area contributed by atoms with E-state index in [-0.39, 0.29) is 24.8 Å². The summed E-state index contributed by atoms with van der Waals surface area (Å²) in [7, 11) is 0. The summed E-state index contributed by atoms with van der Waals surface area (Å²) in [4.78, 5) is 26.2. The van der Waals surface area contributed by atoms with Crippen molar-refractivity contribution in [3.63, 3.8) is 0 Å². The standard InChI is InChI=1S/C18H16Cl2N2O3/c1-11-18(24)22(14-7-2-3-8-15(14)25-11)10-9-16(23)21-13-6-4-5-12(19)17(13)20/h2-8,11H,9-10H2,1H3,(H,21,23)/t11-/m1/s1. The van der Waals surface area contributed by atoms with Crippen molar-refractivity contribution < 1.29 is 14.3 Å². The number of nitrogens with one attached hydrogen (secondary N) is 1. The van der Waals surface area contributed by atoms with E-state index in [9.17, 15) is 9.59 Å².